The van der Waals surface area contributed by atoms with Crippen LogP contribution in [0.1, 0.15) is 44.9 Å². The number of sulfone groups is 1. The Morgan fingerprint density at radius 3 is 2.21 bits per heavy atom. The van der Waals surface area contributed by atoms with Gasteiger partial charge in [-0.1, -0.05) is 42.5 Å². The van der Waals surface area contributed by atoms with Crippen molar-refractivity contribution in [1.82, 2.24) is 9.88 Å². The van der Waals surface area contributed by atoms with E-state index in [0.717, 1.165) is 23.5 Å². The minimum absolute atomic E-state index is 0.00223. The van der Waals surface area contributed by atoms with Gasteiger partial charge in [-0.25, -0.2) is 13.4 Å². The number of primary amides is 1. The fraction of sp³-hybridized carbons (Fsp3) is 0.448. The largest absolute Gasteiger partial charge is 0.416 e. The zero-order valence-corrected chi connectivity index (χ0v) is 26.4. The van der Waals surface area contributed by atoms with Gasteiger partial charge < -0.3 is 20.1 Å². The van der Waals surface area contributed by atoms with Crippen molar-refractivity contribution in [2.24, 2.45) is 5.73 Å². The fourth-order valence-corrected chi connectivity index (χ4v) is 7.09. The zero-order chi connectivity index (χ0) is 34.5. The van der Waals surface area contributed by atoms with Gasteiger partial charge in [-0.2, -0.15) is 30.7 Å². The first-order valence-corrected chi connectivity index (χ1v) is 16.6. The first-order valence-electron chi connectivity index (χ1n) is 14.2. The van der Waals surface area contributed by atoms with Crippen LogP contribution in [-0.4, -0.2) is 82.1 Å². The molecule has 258 valence electrons. The van der Waals surface area contributed by atoms with Crippen LogP contribution in [0.5, 0.6) is 0 Å². The van der Waals surface area contributed by atoms with Crippen LogP contribution >= 0.6 is 11.3 Å². The number of ether oxygens (including phenoxy) is 2. The molecular weight excluding hydrogens is 681 g/mol. The van der Waals surface area contributed by atoms with E-state index < -0.39 is 65.9 Å². The Morgan fingerprint density at radius 2 is 1.66 bits per heavy atom. The molecule has 1 aromatic heterocycles. The Bertz CT molecular complexity index is 1600. The quantitative estimate of drug-likeness (QED) is 0.223. The van der Waals surface area contributed by atoms with Crippen molar-refractivity contribution in [2.75, 3.05) is 43.5 Å². The van der Waals surface area contributed by atoms with Crippen LogP contribution < -0.4 is 10.6 Å². The molecule has 2 N–H and O–H groups in total. The first kappa shape index (κ1) is 36.5. The average Bonchev–Trinajstić information content (AvgIpc) is 3.45. The van der Waals surface area contributed by atoms with E-state index in [1.54, 1.807) is 4.90 Å². The van der Waals surface area contributed by atoms with Gasteiger partial charge in [0.2, 0.25) is 0 Å². The Morgan fingerprint density at radius 1 is 1.02 bits per heavy atom. The lowest BCUT2D eigenvalue weighted by molar-refractivity contribution is -0.137. The number of thiazole rings is 1. The third-order valence-corrected chi connectivity index (χ3v) is 10.4. The van der Waals surface area contributed by atoms with Gasteiger partial charge in [0.1, 0.15) is 4.88 Å². The van der Waals surface area contributed by atoms with Gasteiger partial charge in [0.05, 0.1) is 47.1 Å². The molecule has 1 aliphatic heterocycles. The molecule has 47 heavy (non-hydrogen) atoms. The van der Waals surface area contributed by atoms with E-state index in [-0.39, 0.29) is 46.0 Å². The number of piperazine rings is 1. The van der Waals surface area contributed by atoms with E-state index in [2.05, 4.69) is 14.5 Å². The van der Waals surface area contributed by atoms with Crippen molar-refractivity contribution in [2.45, 2.75) is 49.7 Å². The van der Waals surface area contributed by atoms with Crippen molar-refractivity contribution in [3.05, 3.63) is 75.8 Å². The topological polar surface area (TPSA) is 115 Å². The van der Waals surface area contributed by atoms with E-state index >= 15 is 0 Å². The van der Waals surface area contributed by atoms with Crippen molar-refractivity contribution in [3.63, 3.8) is 0 Å². The van der Waals surface area contributed by atoms with Crippen molar-refractivity contribution < 1.29 is 53.4 Å². The highest BCUT2D eigenvalue weighted by Crippen LogP contribution is 2.37. The monoisotopic (exact) mass is 712 g/mol. The van der Waals surface area contributed by atoms with Crippen LogP contribution in [0, 0.1) is 0 Å². The van der Waals surface area contributed by atoms with E-state index in [9.17, 15) is 43.9 Å². The second-order valence-corrected chi connectivity index (χ2v) is 13.8. The maximum atomic E-state index is 13.2. The maximum absolute atomic E-state index is 13.2. The second-order valence-electron chi connectivity index (χ2n) is 10.6. The van der Waals surface area contributed by atoms with Gasteiger partial charge in [0.15, 0.2) is 15.0 Å². The van der Waals surface area contributed by atoms with Gasteiger partial charge in [0.25, 0.3) is 5.91 Å². The average molecular weight is 713 g/mol. The Hall–Kier alpha value is -3.32. The van der Waals surface area contributed by atoms with Crippen LogP contribution in [0.3, 0.4) is 0 Å². The maximum Gasteiger partial charge on any atom is 0.416 e. The number of aromatic nitrogens is 1. The Kier molecular flexibility index (Phi) is 11.9. The lowest BCUT2D eigenvalue weighted by Crippen LogP contribution is -2.55. The summed E-state index contributed by atoms with van der Waals surface area (Å²) in [5.41, 5.74) is 5.69. The number of anilines is 1. The molecule has 2 heterocycles. The number of rotatable bonds is 14. The fourth-order valence-electron chi connectivity index (χ4n) is 5.13. The van der Waals surface area contributed by atoms with Gasteiger partial charge in [-0.3, -0.25) is 9.69 Å². The normalized spacial score (nSPS) is 17.1. The summed E-state index contributed by atoms with van der Waals surface area (Å²) in [5, 5.41) is 0.165. The standard InChI is InChI=1S/C29H31F7N4O5S2/c1-2-47(42,43)21-9-5-18(6-10-21)22(16-45-27(32)33)23-24(25(37)41)46-28(38-23)40-12-11-39(14-20(40)15-44-26(30)31)13-17-3-7-19(8-4-17)29(34,35)36/h3-10,20,22,26-27H,2,11-16H2,1H3,(H2,37,41)/t20-,22+/m0/s1. The summed E-state index contributed by atoms with van der Waals surface area (Å²) in [6, 6.07) is 9.20. The van der Waals surface area contributed by atoms with Crippen LogP contribution in [0.25, 0.3) is 0 Å². The van der Waals surface area contributed by atoms with Crippen molar-refractivity contribution in [1.29, 1.82) is 0 Å². The Labute approximate surface area is 270 Å². The molecule has 1 aliphatic rings. The predicted molar refractivity (Wildman–Crippen MR) is 158 cm³/mol. The SMILES string of the molecule is CCS(=O)(=O)c1ccc([C@@H](COC(F)F)c2nc(N3CCN(Cc4ccc(C(F)(F)F)cc4)C[C@H]3COC(F)F)sc2C(N)=O)cc1. The van der Waals surface area contributed by atoms with E-state index in [1.807, 2.05) is 4.90 Å². The number of alkyl halides is 7. The van der Waals surface area contributed by atoms with E-state index in [4.69, 9.17) is 5.73 Å². The number of amides is 1. The zero-order valence-electron chi connectivity index (χ0n) is 24.8. The highest BCUT2D eigenvalue weighted by atomic mass is 32.2. The molecule has 1 fully saturated rings. The first-order chi connectivity index (χ1) is 22.1. The molecule has 18 heteroatoms. The number of carbonyl (C=O) groups is 1. The third kappa shape index (κ3) is 9.40. The Balaban J connectivity index is 1.64. The number of benzene rings is 2. The molecule has 2 aromatic carbocycles. The molecule has 4 rings (SSSR count). The van der Waals surface area contributed by atoms with Gasteiger partial charge in [-0.15, -0.1) is 0 Å². The number of carbonyl (C=O) groups excluding carboxylic acids is 1. The smallest absolute Gasteiger partial charge is 0.365 e. The summed E-state index contributed by atoms with van der Waals surface area (Å²) in [5.74, 6) is -2.19. The molecule has 0 unspecified atom stereocenters. The lowest BCUT2D eigenvalue weighted by Gasteiger charge is -2.41. The summed E-state index contributed by atoms with van der Waals surface area (Å²) in [7, 11) is -3.57. The molecule has 0 radical (unpaired) electrons. The summed E-state index contributed by atoms with van der Waals surface area (Å²) in [6.07, 6.45) is -4.50. The molecule has 1 saturated heterocycles. The highest BCUT2D eigenvalue weighted by molar-refractivity contribution is 7.91. The molecule has 2 atom stereocenters. The summed E-state index contributed by atoms with van der Waals surface area (Å²) in [4.78, 5) is 20.5. The van der Waals surface area contributed by atoms with E-state index in [1.165, 1.54) is 43.3 Å². The van der Waals surface area contributed by atoms with Crippen molar-refractivity contribution >= 4 is 32.2 Å². The predicted octanol–water partition coefficient (Wildman–Crippen LogP) is 5.36. The number of halogens is 7. The van der Waals surface area contributed by atoms with Crippen molar-refractivity contribution in [3.8, 4) is 0 Å². The summed E-state index contributed by atoms with van der Waals surface area (Å²) >= 11 is 0.823. The summed E-state index contributed by atoms with van der Waals surface area (Å²) < 4.78 is 125. The second kappa shape index (κ2) is 15.3. The number of hydrogen-bond donors (Lipinski definition) is 1. The summed E-state index contributed by atoms with van der Waals surface area (Å²) in [6.45, 7) is -5.13. The molecular formula is C29H31F7N4O5S2. The lowest BCUT2D eigenvalue weighted by atomic mass is 9.95. The van der Waals surface area contributed by atoms with Crippen LogP contribution in [0.2, 0.25) is 0 Å². The minimum atomic E-state index is -4.50. The molecule has 3 aromatic rings. The van der Waals surface area contributed by atoms with Gasteiger partial charge in [-0.05, 0) is 35.4 Å². The van der Waals surface area contributed by atoms with Gasteiger partial charge in [0, 0.05) is 26.2 Å². The molecule has 1 amide bonds. The number of nitrogens with two attached hydrogens (primary N) is 1. The molecule has 0 saturated carbocycles. The van der Waals surface area contributed by atoms with Crippen LogP contribution in [0.15, 0.2) is 53.4 Å². The number of hydrogen-bond acceptors (Lipinski definition) is 9. The van der Waals surface area contributed by atoms with Crippen LogP contribution in [0.4, 0.5) is 35.9 Å². The van der Waals surface area contributed by atoms with E-state index in [0.29, 0.717) is 17.7 Å². The highest BCUT2D eigenvalue weighted by Gasteiger charge is 2.34. The number of nitrogens with zero attached hydrogens (tertiary/aromatic N) is 3. The molecule has 0 aliphatic carbocycles. The molecule has 0 spiro atoms. The molecule has 0 bridgehead atoms. The van der Waals surface area contributed by atoms with Gasteiger partial charge >= 0.3 is 19.4 Å². The van der Waals surface area contributed by atoms with Crippen LogP contribution in [-0.2, 0) is 32.0 Å². The molecule has 9 nitrogen and oxygen atoms in total. The minimum Gasteiger partial charge on any atom is -0.365 e. The third-order valence-electron chi connectivity index (χ3n) is 7.52.